The molecule has 1 unspecified atom stereocenters. The van der Waals surface area contributed by atoms with Crippen molar-refractivity contribution in [2.24, 2.45) is 0 Å². The van der Waals surface area contributed by atoms with E-state index in [9.17, 15) is 8.42 Å². The Hall–Kier alpha value is -0.910. The predicted octanol–water partition coefficient (Wildman–Crippen LogP) is 1.93. The van der Waals surface area contributed by atoms with Gasteiger partial charge in [-0.25, -0.2) is 8.42 Å². The van der Waals surface area contributed by atoms with Gasteiger partial charge >= 0.3 is 0 Å². The summed E-state index contributed by atoms with van der Waals surface area (Å²) in [7, 11) is -1.48. The molecule has 1 saturated heterocycles. The first-order valence-corrected chi connectivity index (χ1v) is 8.19. The second kappa shape index (κ2) is 6.50. The first-order valence-electron chi connectivity index (χ1n) is 6.48. The van der Waals surface area contributed by atoms with Crippen molar-refractivity contribution in [2.75, 3.05) is 20.3 Å². The molecule has 0 aliphatic carbocycles. The van der Waals surface area contributed by atoms with Gasteiger partial charge in [0.1, 0.15) is 0 Å². The zero-order chi connectivity index (χ0) is 13.7. The van der Waals surface area contributed by atoms with Gasteiger partial charge in [-0.2, -0.15) is 0 Å². The highest BCUT2D eigenvalue weighted by Crippen LogP contribution is 2.19. The average Bonchev–Trinajstić information content (AvgIpc) is 2.42. The predicted molar refractivity (Wildman–Crippen MR) is 73.6 cm³/mol. The van der Waals surface area contributed by atoms with Gasteiger partial charge in [-0.15, -0.1) is 0 Å². The van der Waals surface area contributed by atoms with E-state index in [2.05, 4.69) is 0 Å². The second-order valence-corrected chi connectivity index (χ2v) is 7.18. The Labute approximate surface area is 114 Å². The Bertz CT molecular complexity index is 487. The molecule has 1 aliphatic heterocycles. The molecule has 1 fully saturated rings. The lowest BCUT2D eigenvalue weighted by atomic mass is 10.2. The molecule has 1 aliphatic rings. The number of hydrogen-bond acceptors (Lipinski definition) is 4. The van der Waals surface area contributed by atoms with E-state index in [0.29, 0.717) is 26.2 Å². The summed E-state index contributed by atoms with van der Waals surface area (Å²) >= 11 is 0. The van der Waals surface area contributed by atoms with Crippen LogP contribution in [0.15, 0.2) is 24.3 Å². The standard InChI is InChI=1S/C14H20O4S/c1-17-9-12-4-6-13(7-5-12)11-19(15,16)14-3-2-8-18-10-14/h4-7,14H,2-3,8-11H2,1H3. The SMILES string of the molecule is COCc1ccc(CS(=O)(=O)C2CCCOC2)cc1. The summed E-state index contributed by atoms with van der Waals surface area (Å²) in [5.74, 6) is 0.0916. The average molecular weight is 284 g/mol. The van der Waals surface area contributed by atoms with Gasteiger partial charge in [0.05, 0.1) is 24.2 Å². The highest BCUT2D eigenvalue weighted by atomic mass is 32.2. The van der Waals surface area contributed by atoms with Crippen molar-refractivity contribution in [3.05, 3.63) is 35.4 Å². The van der Waals surface area contributed by atoms with E-state index in [4.69, 9.17) is 9.47 Å². The minimum Gasteiger partial charge on any atom is -0.380 e. The van der Waals surface area contributed by atoms with E-state index >= 15 is 0 Å². The number of benzene rings is 1. The van der Waals surface area contributed by atoms with Crippen LogP contribution in [0.5, 0.6) is 0 Å². The molecule has 5 heteroatoms. The maximum Gasteiger partial charge on any atom is 0.159 e. The lowest BCUT2D eigenvalue weighted by Gasteiger charge is -2.22. The van der Waals surface area contributed by atoms with Gasteiger partial charge in [0, 0.05) is 13.7 Å². The monoisotopic (exact) mass is 284 g/mol. The molecule has 0 amide bonds. The zero-order valence-corrected chi connectivity index (χ0v) is 12.0. The largest absolute Gasteiger partial charge is 0.380 e. The maximum atomic E-state index is 12.3. The van der Waals surface area contributed by atoms with Crippen LogP contribution in [0, 0.1) is 0 Å². The molecular weight excluding hydrogens is 264 g/mol. The maximum absolute atomic E-state index is 12.3. The van der Waals surface area contributed by atoms with Crippen LogP contribution < -0.4 is 0 Å². The van der Waals surface area contributed by atoms with Gasteiger partial charge < -0.3 is 9.47 Å². The number of rotatable bonds is 5. The van der Waals surface area contributed by atoms with Crippen LogP contribution in [-0.4, -0.2) is 34.0 Å². The molecule has 2 rings (SSSR count). The van der Waals surface area contributed by atoms with Crippen molar-refractivity contribution in [1.29, 1.82) is 0 Å². The van der Waals surface area contributed by atoms with E-state index in [0.717, 1.165) is 17.5 Å². The quantitative estimate of drug-likeness (QED) is 0.829. The Morgan fingerprint density at radius 3 is 2.53 bits per heavy atom. The summed E-state index contributed by atoms with van der Waals surface area (Å²) in [6.45, 7) is 1.56. The third-order valence-electron chi connectivity index (χ3n) is 3.33. The molecule has 1 atom stereocenters. The van der Waals surface area contributed by atoms with E-state index in [1.54, 1.807) is 7.11 Å². The number of methoxy groups -OCH3 is 1. The Kier molecular flexibility index (Phi) is 4.96. The Morgan fingerprint density at radius 2 is 1.95 bits per heavy atom. The molecule has 4 nitrogen and oxygen atoms in total. The fraction of sp³-hybridized carbons (Fsp3) is 0.571. The molecule has 0 N–H and O–H groups in total. The molecule has 0 spiro atoms. The summed E-state index contributed by atoms with van der Waals surface area (Å²) in [6, 6.07) is 7.53. The van der Waals surface area contributed by atoms with Crippen molar-refractivity contribution in [2.45, 2.75) is 30.5 Å². The van der Waals surface area contributed by atoms with Crippen molar-refractivity contribution in [1.82, 2.24) is 0 Å². The number of sulfone groups is 1. The lowest BCUT2D eigenvalue weighted by Crippen LogP contribution is -2.31. The van der Waals surface area contributed by atoms with Crippen LogP contribution in [0.2, 0.25) is 0 Å². The van der Waals surface area contributed by atoms with E-state index in [1.165, 1.54) is 0 Å². The van der Waals surface area contributed by atoms with Gasteiger partial charge in [-0.3, -0.25) is 0 Å². The normalized spacial score (nSPS) is 20.4. The van der Waals surface area contributed by atoms with Crippen molar-refractivity contribution in [3.8, 4) is 0 Å². The molecule has 0 bridgehead atoms. The Balaban J connectivity index is 2.02. The Morgan fingerprint density at radius 1 is 1.26 bits per heavy atom. The van der Waals surface area contributed by atoms with Crippen molar-refractivity contribution in [3.63, 3.8) is 0 Å². The van der Waals surface area contributed by atoms with E-state index in [1.807, 2.05) is 24.3 Å². The summed E-state index contributed by atoms with van der Waals surface area (Å²) < 4.78 is 34.8. The lowest BCUT2D eigenvalue weighted by molar-refractivity contribution is 0.0991. The number of hydrogen-bond donors (Lipinski definition) is 0. The minimum atomic E-state index is -3.12. The van der Waals surface area contributed by atoms with Crippen LogP contribution in [0.25, 0.3) is 0 Å². The van der Waals surface area contributed by atoms with Crippen LogP contribution in [-0.2, 0) is 31.7 Å². The highest BCUT2D eigenvalue weighted by molar-refractivity contribution is 7.91. The topological polar surface area (TPSA) is 52.6 Å². The van der Waals surface area contributed by atoms with Gasteiger partial charge in [0.25, 0.3) is 0 Å². The van der Waals surface area contributed by atoms with Crippen LogP contribution in [0.3, 0.4) is 0 Å². The smallest absolute Gasteiger partial charge is 0.159 e. The summed E-state index contributed by atoms with van der Waals surface area (Å²) in [5.41, 5.74) is 1.87. The van der Waals surface area contributed by atoms with Gasteiger partial charge in [0.15, 0.2) is 9.84 Å². The fourth-order valence-corrected chi connectivity index (χ4v) is 3.97. The molecule has 1 heterocycles. The van der Waals surface area contributed by atoms with Crippen LogP contribution >= 0.6 is 0 Å². The first-order chi connectivity index (χ1) is 9.12. The first kappa shape index (κ1) is 14.5. The third-order valence-corrected chi connectivity index (χ3v) is 5.45. The molecular formula is C14H20O4S. The summed E-state index contributed by atoms with van der Waals surface area (Å²) in [4.78, 5) is 0. The molecule has 0 saturated carbocycles. The number of ether oxygens (including phenoxy) is 2. The molecule has 106 valence electrons. The van der Waals surface area contributed by atoms with Gasteiger partial charge in [-0.1, -0.05) is 24.3 Å². The van der Waals surface area contributed by atoms with E-state index in [-0.39, 0.29) is 11.0 Å². The van der Waals surface area contributed by atoms with Crippen molar-refractivity contribution >= 4 is 9.84 Å². The molecule has 1 aromatic carbocycles. The summed E-state index contributed by atoms with van der Waals surface area (Å²) in [5, 5.41) is -0.347. The molecule has 19 heavy (non-hydrogen) atoms. The van der Waals surface area contributed by atoms with Gasteiger partial charge in [-0.05, 0) is 24.0 Å². The molecule has 0 aromatic heterocycles. The van der Waals surface area contributed by atoms with Crippen LogP contribution in [0.4, 0.5) is 0 Å². The second-order valence-electron chi connectivity index (χ2n) is 4.90. The van der Waals surface area contributed by atoms with E-state index < -0.39 is 9.84 Å². The van der Waals surface area contributed by atoms with Crippen molar-refractivity contribution < 1.29 is 17.9 Å². The third kappa shape index (κ3) is 4.03. The van der Waals surface area contributed by atoms with Gasteiger partial charge in [0.2, 0.25) is 0 Å². The summed E-state index contributed by atoms with van der Waals surface area (Å²) in [6.07, 6.45) is 1.54. The minimum absolute atomic E-state index is 0.0916. The zero-order valence-electron chi connectivity index (χ0n) is 11.2. The highest BCUT2D eigenvalue weighted by Gasteiger charge is 2.27. The molecule has 1 aromatic rings. The fourth-order valence-electron chi connectivity index (χ4n) is 2.24. The molecule has 0 radical (unpaired) electrons. The van der Waals surface area contributed by atoms with Crippen LogP contribution in [0.1, 0.15) is 24.0 Å².